The number of esters is 1. The molecule has 0 radical (unpaired) electrons. The number of carbonyl (C=O) groups is 1. The van der Waals surface area contributed by atoms with E-state index < -0.39 is 62.1 Å². The molecule has 0 amide bonds. The van der Waals surface area contributed by atoms with Crippen LogP contribution in [-0.4, -0.2) is 113 Å². The van der Waals surface area contributed by atoms with Crippen LogP contribution >= 0.6 is 0 Å². The van der Waals surface area contributed by atoms with Crippen molar-refractivity contribution in [3.05, 3.63) is 65.7 Å². The maximum Gasteiger partial charge on any atom is 0.338 e. The second-order valence-electron chi connectivity index (χ2n) is 10.1. The van der Waals surface area contributed by atoms with Gasteiger partial charge in [0.15, 0.2) is 40.6 Å². The van der Waals surface area contributed by atoms with Crippen LogP contribution in [0.15, 0.2) is 54.6 Å². The lowest BCUT2D eigenvalue weighted by atomic mass is 9.99. The van der Waals surface area contributed by atoms with Crippen LogP contribution in [0.5, 0.6) is 40.2 Å². The van der Waals surface area contributed by atoms with Crippen molar-refractivity contribution >= 4 is 5.97 Å². The smallest absolute Gasteiger partial charge is 0.338 e. The van der Waals surface area contributed by atoms with E-state index in [-0.39, 0.29) is 45.8 Å². The highest BCUT2D eigenvalue weighted by atomic mass is 16.7. The molecule has 7 N–H and O–H groups in total. The number of hydrogen-bond acceptors (Lipinski definition) is 15. The molecular formula is C31H36O15. The quantitative estimate of drug-likeness (QED) is 0.126. The molecule has 3 aromatic rings. The Morgan fingerprint density at radius 2 is 1.46 bits per heavy atom. The van der Waals surface area contributed by atoms with Crippen LogP contribution in [0.4, 0.5) is 0 Å². The SMILES string of the molecule is COc1cc(OC2OC(COC(=O)c3ccc(OC(CO)C(O)c4ccc(O)c(OC)c4)c(OC)c3)C(O)C(O)C2O)ccc1O. The second kappa shape index (κ2) is 15.2. The average Bonchev–Trinajstić information content (AvgIpc) is 3.07. The van der Waals surface area contributed by atoms with E-state index in [1.807, 2.05) is 0 Å². The molecule has 7 unspecified atom stereocenters. The first kappa shape index (κ1) is 34.4. The van der Waals surface area contributed by atoms with Gasteiger partial charge in [-0.05, 0) is 48.0 Å². The molecule has 1 heterocycles. The Bertz CT molecular complexity index is 1480. The van der Waals surface area contributed by atoms with E-state index in [9.17, 15) is 40.5 Å². The Balaban J connectivity index is 1.42. The van der Waals surface area contributed by atoms with Crippen LogP contribution in [-0.2, 0) is 9.47 Å². The minimum absolute atomic E-state index is 0.00318. The summed E-state index contributed by atoms with van der Waals surface area (Å²) in [6, 6.07) is 12.1. The van der Waals surface area contributed by atoms with E-state index in [0.717, 1.165) is 0 Å². The third-order valence-corrected chi connectivity index (χ3v) is 7.21. The van der Waals surface area contributed by atoms with Crippen LogP contribution < -0.4 is 23.7 Å². The van der Waals surface area contributed by atoms with E-state index in [1.54, 1.807) is 0 Å². The van der Waals surface area contributed by atoms with Crippen molar-refractivity contribution < 1.29 is 73.7 Å². The zero-order chi connectivity index (χ0) is 33.5. The molecule has 7 atom stereocenters. The molecule has 250 valence electrons. The third-order valence-electron chi connectivity index (χ3n) is 7.21. The fraction of sp³-hybridized carbons (Fsp3) is 0.387. The Labute approximate surface area is 263 Å². The highest BCUT2D eigenvalue weighted by Crippen LogP contribution is 2.35. The molecule has 46 heavy (non-hydrogen) atoms. The lowest BCUT2D eigenvalue weighted by molar-refractivity contribution is -0.277. The van der Waals surface area contributed by atoms with Crippen molar-refractivity contribution in [1.82, 2.24) is 0 Å². The fourth-order valence-corrected chi connectivity index (χ4v) is 4.61. The predicted octanol–water partition coefficient (Wildman–Crippen LogP) is 0.640. The van der Waals surface area contributed by atoms with Crippen LogP contribution in [0, 0.1) is 0 Å². The van der Waals surface area contributed by atoms with Crippen LogP contribution in [0.1, 0.15) is 22.0 Å². The average molecular weight is 649 g/mol. The monoisotopic (exact) mass is 648 g/mol. The van der Waals surface area contributed by atoms with E-state index >= 15 is 0 Å². The number of benzene rings is 3. The fourth-order valence-electron chi connectivity index (χ4n) is 4.61. The zero-order valence-electron chi connectivity index (χ0n) is 25.0. The van der Waals surface area contributed by atoms with Crippen molar-refractivity contribution in [2.75, 3.05) is 34.5 Å². The summed E-state index contributed by atoms with van der Waals surface area (Å²) in [6.45, 7) is -1.15. The van der Waals surface area contributed by atoms with Gasteiger partial charge in [0, 0.05) is 6.07 Å². The minimum atomic E-state index is -1.71. The van der Waals surface area contributed by atoms with Crippen LogP contribution in [0.3, 0.4) is 0 Å². The topological polar surface area (TPSA) is 223 Å². The number of phenolic OH excluding ortho intramolecular Hbond substituents is 2. The lowest BCUT2D eigenvalue weighted by Gasteiger charge is -2.39. The Morgan fingerprint density at radius 1 is 0.804 bits per heavy atom. The standard InChI is InChI=1S/C31H36O15/c1-40-21-10-15(4-7-18(21)33)26(35)24(13-32)45-20-9-5-16(11-23(20)42-3)30(39)43-14-25-27(36)28(37)29(38)31(46-25)44-17-6-8-19(34)22(12-17)41-2/h4-12,24-29,31-38H,13-14H2,1-3H3. The Morgan fingerprint density at radius 3 is 2.11 bits per heavy atom. The van der Waals surface area contributed by atoms with Gasteiger partial charge in [-0.15, -0.1) is 0 Å². The summed E-state index contributed by atoms with van der Waals surface area (Å²) in [7, 11) is 4.00. The molecule has 15 nitrogen and oxygen atoms in total. The summed E-state index contributed by atoms with van der Waals surface area (Å²) in [5.41, 5.74) is 0.302. The van der Waals surface area contributed by atoms with Crippen LogP contribution in [0.25, 0.3) is 0 Å². The van der Waals surface area contributed by atoms with Gasteiger partial charge in [-0.1, -0.05) is 6.07 Å². The minimum Gasteiger partial charge on any atom is -0.504 e. The first-order valence-electron chi connectivity index (χ1n) is 13.9. The van der Waals surface area contributed by atoms with Gasteiger partial charge in [-0.25, -0.2) is 4.79 Å². The summed E-state index contributed by atoms with van der Waals surface area (Å²) in [6.07, 6.45) is -10.3. The Kier molecular flexibility index (Phi) is 11.3. The number of aromatic hydroxyl groups is 2. The molecule has 1 aliphatic rings. The number of ether oxygens (including phenoxy) is 7. The van der Waals surface area contributed by atoms with E-state index in [2.05, 4.69) is 0 Å². The number of rotatable bonds is 13. The van der Waals surface area contributed by atoms with Gasteiger partial charge in [-0.2, -0.15) is 0 Å². The summed E-state index contributed by atoms with van der Waals surface area (Å²) in [5.74, 6) is -0.690. The summed E-state index contributed by atoms with van der Waals surface area (Å²) in [5, 5.41) is 71.6. The van der Waals surface area contributed by atoms with Gasteiger partial charge in [0.25, 0.3) is 0 Å². The molecule has 0 spiro atoms. The summed E-state index contributed by atoms with van der Waals surface area (Å²) in [4.78, 5) is 12.9. The number of carbonyl (C=O) groups excluding carboxylic acids is 1. The van der Waals surface area contributed by atoms with Gasteiger partial charge < -0.3 is 68.9 Å². The number of methoxy groups -OCH3 is 3. The molecule has 0 bridgehead atoms. The normalized spacial score (nSPS) is 22.3. The van der Waals surface area contributed by atoms with Gasteiger partial charge in [-0.3, -0.25) is 0 Å². The van der Waals surface area contributed by atoms with Crippen molar-refractivity contribution in [3.63, 3.8) is 0 Å². The molecule has 4 rings (SSSR count). The predicted molar refractivity (Wildman–Crippen MR) is 156 cm³/mol. The van der Waals surface area contributed by atoms with E-state index in [1.165, 1.54) is 75.9 Å². The molecule has 1 aliphatic heterocycles. The van der Waals surface area contributed by atoms with Gasteiger partial charge in [0.2, 0.25) is 6.29 Å². The third kappa shape index (κ3) is 7.64. The van der Waals surface area contributed by atoms with Crippen molar-refractivity contribution in [1.29, 1.82) is 0 Å². The second-order valence-corrected chi connectivity index (χ2v) is 10.1. The molecule has 1 fully saturated rings. The van der Waals surface area contributed by atoms with Crippen molar-refractivity contribution in [3.8, 4) is 40.2 Å². The van der Waals surface area contributed by atoms with E-state index in [4.69, 9.17) is 33.2 Å². The summed E-state index contributed by atoms with van der Waals surface area (Å²) >= 11 is 0. The lowest BCUT2D eigenvalue weighted by Crippen LogP contribution is -2.60. The number of phenols is 2. The number of hydrogen-bond donors (Lipinski definition) is 7. The molecule has 0 aliphatic carbocycles. The zero-order valence-corrected chi connectivity index (χ0v) is 25.0. The maximum atomic E-state index is 12.9. The molecule has 15 heteroatoms. The molecule has 3 aromatic carbocycles. The van der Waals surface area contributed by atoms with Crippen molar-refractivity contribution in [2.24, 2.45) is 0 Å². The number of aliphatic hydroxyl groups is 5. The van der Waals surface area contributed by atoms with E-state index in [0.29, 0.717) is 5.56 Å². The summed E-state index contributed by atoms with van der Waals surface area (Å²) < 4.78 is 37.7. The first-order chi connectivity index (χ1) is 22.0. The highest BCUT2D eigenvalue weighted by molar-refractivity contribution is 5.90. The van der Waals surface area contributed by atoms with Gasteiger partial charge in [0.05, 0.1) is 33.5 Å². The molecule has 0 aromatic heterocycles. The van der Waals surface area contributed by atoms with Gasteiger partial charge in [0.1, 0.15) is 42.9 Å². The van der Waals surface area contributed by atoms with Crippen molar-refractivity contribution in [2.45, 2.75) is 42.9 Å². The molecule has 1 saturated heterocycles. The highest BCUT2D eigenvalue weighted by Gasteiger charge is 2.45. The van der Waals surface area contributed by atoms with Gasteiger partial charge >= 0.3 is 5.97 Å². The molecule has 0 saturated carbocycles. The molecular weight excluding hydrogens is 612 g/mol. The maximum absolute atomic E-state index is 12.9. The largest absolute Gasteiger partial charge is 0.504 e. The first-order valence-corrected chi connectivity index (χ1v) is 13.9. The number of aliphatic hydroxyl groups excluding tert-OH is 5. The Hall–Kier alpha value is -4.51. The van der Waals surface area contributed by atoms with Crippen LogP contribution in [0.2, 0.25) is 0 Å².